The number of anilines is 1. The van der Waals surface area contributed by atoms with E-state index in [-0.39, 0.29) is 35.5 Å². The maximum atomic E-state index is 13.3. The molecule has 4 rings (SSSR count). The lowest BCUT2D eigenvalue weighted by molar-refractivity contribution is -0.147. The fraction of sp³-hybridized carbons (Fsp3) is 0.619. The number of benzene rings is 1. The minimum atomic E-state index is -0.318. The molecule has 154 valence electrons. The highest BCUT2D eigenvalue weighted by molar-refractivity contribution is 5.93. The molecule has 0 unspecified atom stereocenters. The first-order valence-electron chi connectivity index (χ1n) is 10.1. The molecule has 0 bridgehead atoms. The van der Waals surface area contributed by atoms with Crippen LogP contribution < -0.4 is 10.6 Å². The van der Waals surface area contributed by atoms with Crippen molar-refractivity contribution in [3.63, 3.8) is 0 Å². The van der Waals surface area contributed by atoms with Gasteiger partial charge < -0.3 is 15.5 Å². The summed E-state index contributed by atoms with van der Waals surface area (Å²) in [5, 5.41) is 6.31. The summed E-state index contributed by atoms with van der Waals surface area (Å²) in [6.07, 6.45) is 5.89. The summed E-state index contributed by atoms with van der Waals surface area (Å²) in [5.74, 6) is 0.319. The zero-order valence-electron chi connectivity index (χ0n) is 16.1. The summed E-state index contributed by atoms with van der Waals surface area (Å²) in [4.78, 5) is 27.8. The van der Waals surface area contributed by atoms with E-state index in [9.17, 15) is 14.0 Å². The van der Waals surface area contributed by atoms with Crippen LogP contribution in [0.2, 0.25) is 0 Å². The van der Waals surface area contributed by atoms with Gasteiger partial charge in [-0.25, -0.2) is 4.39 Å². The predicted octanol–water partition coefficient (Wildman–Crippen LogP) is 3.20. The Morgan fingerprint density at radius 3 is 2.54 bits per heavy atom. The lowest BCUT2D eigenvalue weighted by Gasteiger charge is -2.42. The molecule has 1 saturated carbocycles. The minimum absolute atomic E-state index is 0. The highest BCUT2D eigenvalue weighted by Gasteiger charge is 2.51. The fourth-order valence-corrected chi connectivity index (χ4v) is 5.11. The summed E-state index contributed by atoms with van der Waals surface area (Å²) in [5.41, 5.74) is 0.405. The Morgan fingerprint density at radius 2 is 1.82 bits per heavy atom. The second-order valence-corrected chi connectivity index (χ2v) is 8.29. The monoisotopic (exact) mass is 409 g/mol. The maximum absolute atomic E-state index is 13.3. The van der Waals surface area contributed by atoms with E-state index >= 15 is 0 Å². The zero-order valence-corrected chi connectivity index (χ0v) is 16.9. The molecule has 28 heavy (non-hydrogen) atoms. The molecule has 0 spiro atoms. The summed E-state index contributed by atoms with van der Waals surface area (Å²) in [6, 6.07) is 5.82. The van der Waals surface area contributed by atoms with Gasteiger partial charge >= 0.3 is 0 Å². The van der Waals surface area contributed by atoms with E-state index in [0.717, 1.165) is 32.4 Å². The van der Waals surface area contributed by atoms with Gasteiger partial charge in [-0.3, -0.25) is 9.59 Å². The third-order valence-electron chi connectivity index (χ3n) is 6.73. The van der Waals surface area contributed by atoms with Gasteiger partial charge in [-0.2, -0.15) is 0 Å². The molecule has 2 atom stereocenters. The molecule has 0 radical (unpaired) electrons. The van der Waals surface area contributed by atoms with Crippen molar-refractivity contribution in [2.75, 3.05) is 31.5 Å². The number of nitrogens with zero attached hydrogens (tertiary/aromatic N) is 1. The van der Waals surface area contributed by atoms with Crippen molar-refractivity contribution in [2.45, 2.75) is 38.5 Å². The average Bonchev–Trinajstić information content (AvgIpc) is 3.14. The van der Waals surface area contributed by atoms with Crippen molar-refractivity contribution < 1.29 is 14.0 Å². The van der Waals surface area contributed by atoms with Gasteiger partial charge in [0, 0.05) is 31.2 Å². The van der Waals surface area contributed by atoms with Gasteiger partial charge in [0.25, 0.3) is 0 Å². The quantitative estimate of drug-likeness (QED) is 0.805. The highest BCUT2D eigenvalue weighted by atomic mass is 35.5. The number of halogens is 2. The fourth-order valence-electron chi connectivity index (χ4n) is 5.11. The molecule has 2 heterocycles. The Morgan fingerprint density at radius 1 is 1.11 bits per heavy atom. The van der Waals surface area contributed by atoms with Gasteiger partial charge in [0.15, 0.2) is 0 Å². The lowest BCUT2D eigenvalue weighted by atomic mass is 9.67. The van der Waals surface area contributed by atoms with E-state index < -0.39 is 0 Å². The molecule has 3 aliphatic rings. The number of nitrogens with one attached hydrogen (secondary N) is 2. The number of amides is 2. The number of carbonyl (C=O) groups is 2. The van der Waals surface area contributed by atoms with Gasteiger partial charge in [0.05, 0.1) is 5.41 Å². The predicted molar refractivity (Wildman–Crippen MR) is 109 cm³/mol. The van der Waals surface area contributed by atoms with Gasteiger partial charge in [0.2, 0.25) is 11.8 Å². The van der Waals surface area contributed by atoms with Crippen LogP contribution in [-0.2, 0) is 9.59 Å². The van der Waals surface area contributed by atoms with E-state index in [2.05, 4.69) is 10.6 Å². The minimum Gasteiger partial charge on any atom is -0.342 e. The van der Waals surface area contributed by atoms with Crippen molar-refractivity contribution in [2.24, 2.45) is 17.3 Å². The number of hydrogen-bond donors (Lipinski definition) is 2. The molecule has 0 aromatic heterocycles. The molecule has 2 aliphatic heterocycles. The SMILES string of the molecule is Cl.O=C(Nc1ccc(F)cc1)C1CCN(C(=O)[C@@]23CCCC[C@H]2CNC3)CC1. The largest absolute Gasteiger partial charge is 0.342 e. The maximum Gasteiger partial charge on any atom is 0.230 e. The summed E-state index contributed by atoms with van der Waals surface area (Å²) in [7, 11) is 0. The number of likely N-dealkylation sites (tertiary alicyclic amines) is 1. The topological polar surface area (TPSA) is 61.4 Å². The number of piperidine rings is 1. The third kappa shape index (κ3) is 4.03. The van der Waals surface area contributed by atoms with Gasteiger partial charge in [0.1, 0.15) is 5.82 Å². The normalized spacial score (nSPS) is 27.6. The van der Waals surface area contributed by atoms with E-state index in [4.69, 9.17) is 0 Å². The second-order valence-electron chi connectivity index (χ2n) is 8.29. The average molecular weight is 410 g/mol. The van der Waals surface area contributed by atoms with Crippen LogP contribution in [0, 0.1) is 23.1 Å². The number of rotatable bonds is 3. The first kappa shape index (κ1) is 21.1. The van der Waals surface area contributed by atoms with Crippen LogP contribution in [-0.4, -0.2) is 42.9 Å². The molecule has 1 aromatic rings. The molecule has 5 nitrogen and oxygen atoms in total. The smallest absolute Gasteiger partial charge is 0.230 e. The van der Waals surface area contributed by atoms with Crippen LogP contribution in [0.3, 0.4) is 0 Å². The van der Waals surface area contributed by atoms with Crippen molar-refractivity contribution in [3.8, 4) is 0 Å². The highest BCUT2D eigenvalue weighted by Crippen LogP contribution is 2.45. The molecule has 2 amide bonds. The van der Waals surface area contributed by atoms with Crippen molar-refractivity contribution in [3.05, 3.63) is 30.1 Å². The summed E-state index contributed by atoms with van der Waals surface area (Å²) >= 11 is 0. The molecule has 1 aliphatic carbocycles. The van der Waals surface area contributed by atoms with Crippen LogP contribution >= 0.6 is 12.4 Å². The number of fused-ring (bicyclic) bond motifs is 1. The van der Waals surface area contributed by atoms with Crippen molar-refractivity contribution >= 4 is 29.9 Å². The Kier molecular flexibility index (Phi) is 6.61. The Balaban J connectivity index is 0.00000225. The van der Waals surface area contributed by atoms with E-state index in [1.807, 2.05) is 4.90 Å². The molecule has 7 heteroatoms. The van der Waals surface area contributed by atoms with Gasteiger partial charge in [-0.05, 0) is 62.4 Å². The Bertz CT molecular complexity index is 706. The standard InChI is InChI=1S/C21H28FN3O2.ClH/c22-17-4-6-18(7-5-17)24-19(26)15-8-11-25(12-9-15)20(27)21-10-2-1-3-16(21)13-23-14-21;/h4-7,15-16,23H,1-3,8-14H2,(H,24,26);1H/t16-,21+;/m0./s1. The third-order valence-corrected chi connectivity index (χ3v) is 6.73. The van der Waals surface area contributed by atoms with Crippen molar-refractivity contribution in [1.29, 1.82) is 0 Å². The van der Waals surface area contributed by atoms with Gasteiger partial charge in [-0.15, -0.1) is 12.4 Å². The van der Waals surface area contributed by atoms with E-state index in [0.29, 0.717) is 43.4 Å². The van der Waals surface area contributed by atoms with Gasteiger partial charge in [-0.1, -0.05) is 12.8 Å². The van der Waals surface area contributed by atoms with Crippen LogP contribution in [0.5, 0.6) is 0 Å². The molecule has 2 saturated heterocycles. The van der Waals surface area contributed by atoms with Crippen LogP contribution in [0.15, 0.2) is 24.3 Å². The van der Waals surface area contributed by atoms with E-state index in [1.54, 1.807) is 12.1 Å². The molecular weight excluding hydrogens is 381 g/mol. The van der Waals surface area contributed by atoms with E-state index in [1.165, 1.54) is 18.6 Å². The first-order valence-corrected chi connectivity index (χ1v) is 10.1. The summed E-state index contributed by atoms with van der Waals surface area (Å²) < 4.78 is 13.0. The molecule has 2 N–H and O–H groups in total. The van der Waals surface area contributed by atoms with Crippen LogP contribution in [0.4, 0.5) is 10.1 Å². The molecule has 3 fully saturated rings. The Hall–Kier alpha value is -1.66. The second kappa shape index (κ2) is 8.78. The van der Waals surface area contributed by atoms with Crippen molar-refractivity contribution in [1.82, 2.24) is 10.2 Å². The Labute approximate surface area is 171 Å². The lowest BCUT2D eigenvalue weighted by Crippen LogP contribution is -2.52. The first-order chi connectivity index (χ1) is 13.1. The molecular formula is C21H29ClFN3O2. The van der Waals surface area contributed by atoms with Crippen LogP contribution in [0.1, 0.15) is 38.5 Å². The number of carbonyl (C=O) groups excluding carboxylic acids is 2. The van der Waals surface area contributed by atoms with Crippen LogP contribution in [0.25, 0.3) is 0 Å². The molecule has 1 aromatic carbocycles. The zero-order chi connectivity index (χ0) is 18.9. The summed E-state index contributed by atoms with van der Waals surface area (Å²) in [6.45, 7) is 3.06. The number of hydrogen-bond acceptors (Lipinski definition) is 3.